The quantitative estimate of drug-likeness (QED) is 0.497. The highest BCUT2D eigenvalue weighted by molar-refractivity contribution is 7.80. The Morgan fingerprint density at radius 2 is 1.96 bits per heavy atom. The monoisotopic (exact) mass is 331 g/mol. The van der Waals surface area contributed by atoms with Crippen LogP contribution in [0.5, 0.6) is 5.75 Å². The highest BCUT2D eigenvalue weighted by Gasteiger charge is 2.15. The number of rotatable bonds is 5. The number of hydrogen-bond donors (Lipinski definition) is 2. The second-order valence-electron chi connectivity index (χ2n) is 4.93. The lowest BCUT2D eigenvalue weighted by Gasteiger charge is -2.11. The molecule has 0 atom stereocenters. The van der Waals surface area contributed by atoms with E-state index in [-0.39, 0.29) is 5.69 Å². The third kappa shape index (κ3) is 4.65. The molecule has 0 saturated carbocycles. The number of nitro groups is 1. The number of benzene rings is 2. The summed E-state index contributed by atoms with van der Waals surface area (Å²) in [5.41, 5.74) is 2.48. The van der Waals surface area contributed by atoms with Gasteiger partial charge in [-0.1, -0.05) is 29.8 Å². The summed E-state index contributed by atoms with van der Waals surface area (Å²) < 4.78 is 5.00. The van der Waals surface area contributed by atoms with Crippen LogP contribution in [0.1, 0.15) is 11.1 Å². The molecule has 120 valence electrons. The maximum Gasteiger partial charge on any atom is 0.296 e. The van der Waals surface area contributed by atoms with Crippen molar-refractivity contribution >= 4 is 28.7 Å². The lowest BCUT2D eigenvalue weighted by Crippen LogP contribution is -2.28. The van der Waals surface area contributed by atoms with Crippen LogP contribution in [0.25, 0.3) is 0 Å². The molecule has 2 N–H and O–H groups in total. The van der Waals surface area contributed by atoms with E-state index in [1.54, 1.807) is 12.1 Å². The molecular formula is C16H17N3O3S. The summed E-state index contributed by atoms with van der Waals surface area (Å²) in [6.07, 6.45) is 0. The van der Waals surface area contributed by atoms with Crippen LogP contribution < -0.4 is 15.4 Å². The van der Waals surface area contributed by atoms with Crippen molar-refractivity contribution in [2.75, 3.05) is 12.4 Å². The molecule has 0 aliphatic rings. The Hall–Kier alpha value is -2.67. The smallest absolute Gasteiger partial charge is 0.296 e. The van der Waals surface area contributed by atoms with E-state index in [4.69, 9.17) is 17.0 Å². The minimum Gasteiger partial charge on any atom is -0.496 e. The molecule has 0 aliphatic heterocycles. The summed E-state index contributed by atoms with van der Waals surface area (Å²) >= 11 is 5.19. The molecule has 0 aliphatic carbocycles. The molecule has 0 unspecified atom stereocenters. The number of nitrogens with zero attached hydrogens (tertiary/aromatic N) is 1. The van der Waals surface area contributed by atoms with Crippen molar-refractivity contribution in [1.82, 2.24) is 5.32 Å². The lowest BCUT2D eigenvalue weighted by atomic mass is 10.1. The zero-order valence-corrected chi connectivity index (χ0v) is 13.6. The Labute approximate surface area is 139 Å². The van der Waals surface area contributed by atoms with Gasteiger partial charge in [-0.15, -0.1) is 0 Å². The van der Waals surface area contributed by atoms with Crippen LogP contribution in [-0.2, 0) is 6.54 Å². The first-order valence-electron chi connectivity index (χ1n) is 6.92. The first-order chi connectivity index (χ1) is 11.0. The van der Waals surface area contributed by atoms with Crippen LogP contribution in [0.3, 0.4) is 0 Å². The summed E-state index contributed by atoms with van der Waals surface area (Å²) in [7, 11) is 1.46. The Morgan fingerprint density at radius 3 is 2.57 bits per heavy atom. The molecule has 2 aromatic rings. The first-order valence-corrected chi connectivity index (χ1v) is 7.33. The van der Waals surface area contributed by atoms with Gasteiger partial charge in [-0.3, -0.25) is 10.1 Å². The Morgan fingerprint density at radius 1 is 1.26 bits per heavy atom. The van der Waals surface area contributed by atoms with E-state index in [2.05, 4.69) is 10.6 Å². The van der Waals surface area contributed by atoms with Gasteiger partial charge in [0.15, 0.2) is 5.11 Å². The van der Waals surface area contributed by atoms with Crippen molar-refractivity contribution in [3.63, 3.8) is 0 Å². The van der Waals surface area contributed by atoms with Gasteiger partial charge in [0, 0.05) is 6.54 Å². The number of hydrogen-bond acceptors (Lipinski definition) is 4. The van der Waals surface area contributed by atoms with E-state index >= 15 is 0 Å². The molecule has 0 bridgehead atoms. The van der Waals surface area contributed by atoms with Gasteiger partial charge in [0.1, 0.15) is 11.4 Å². The average Bonchev–Trinajstić information content (AvgIpc) is 2.54. The Balaban J connectivity index is 2.02. The molecule has 7 heteroatoms. The number of thiocarbonyl (C=S) groups is 1. The van der Waals surface area contributed by atoms with Gasteiger partial charge in [0.25, 0.3) is 5.69 Å². The zero-order chi connectivity index (χ0) is 16.8. The molecule has 6 nitrogen and oxygen atoms in total. The Bertz CT molecular complexity index is 717. The van der Waals surface area contributed by atoms with Crippen molar-refractivity contribution in [2.24, 2.45) is 0 Å². The topological polar surface area (TPSA) is 76.4 Å². The molecule has 0 aromatic heterocycles. The molecular weight excluding hydrogens is 314 g/mol. The Kier molecular flexibility index (Phi) is 5.48. The van der Waals surface area contributed by atoms with E-state index in [0.29, 0.717) is 23.1 Å². The first kappa shape index (κ1) is 16.7. The molecule has 0 amide bonds. The normalized spacial score (nSPS) is 10.0. The lowest BCUT2D eigenvalue weighted by molar-refractivity contribution is -0.384. The minimum absolute atomic E-state index is 0.0937. The highest BCUT2D eigenvalue weighted by Crippen LogP contribution is 2.28. The number of ether oxygens (including phenoxy) is 1. The van der Waals surface area contributed by atoms with Gasteiger partial charge in [0.2, 0.25) is 0 Å². The van der Waals surface area contributed by atoms with Gasteiger partial charge >= 0.3 is 0 Å². The van der Waals surface area contributed by atoms with Crippen molar-refractivity contribution in [3.8, 4) is 5.75 Å². The molecule has 2 aromatic carbocycles. The predicted molar refractivity (Wildman–Crippen MR) is 93.9 cm³/mol. The van der Waals surface area contributed by atoms with Gasteiger partial charge < -0.3 is 15.4 Å². The van der Waals surface area contributed by atoms with Crippen LogP contribution >= 0.6 is 12.2 Å². The molecule has 0 radical (unpaired) electrons. The predicted octanol–water partition coefficient (Wildman–Crippen LogP) is 3.40. The van der Waals surface area contributed by atoms with E-state index in [1.165, 1.54) is 18.7 Å². The summed E-state index contributed by atoms with van der Waals surface area (Å²) in [4.78, 5) is 10.7. The second kappa shape index (κ2) is 7.55. The highest BCUT2D eigenvalue weighted by atomic mass is 32.1. The third-order valence-electron chi connectivity index (χ3n) is 3.22. The van der Waals surface area contributed by atoms with Crippen molar-refractivity contribution in [3.05, 3.63) is 63.7 Å². The molecule has 2 rings (SSSR count). The SMILES string of the molecule is COc1ccc(NC(=S)NCc2ccc(C)cc2)c([N+](=O)[O-])c1. The maximum atomic E-state index is 11.1. The third-order valence-corrected chi connectivity index (χ3v) is 3.47. The number of nitrogens with one attached hydrogen (secondary N) is 2. The molecule has 0 heterocycles. The van der Waals surface area contributed by atoms with Crippen molar-refractivity contribution < 1.29 is 9.66 Å². The standard InChI is InChI=1S/C16H17N3O3S/c1-11-3-5-12(6-4-11)10-17-16(23)18-14-8-7-13(22-2)9-15(14)19(20)21/h3-9H,10H2,1-2H3,(H2,17,18,23). The van der Waals surface area contributed by atoms with Crippen LogP contribution in [0.15, 0.2) is 42.5 Å². The summed E-state index contributed by atoms with van der Waals surface area (Å²) in [5, 5.41) is 17.3. The van der Waals surface area contributed by atoms with E-state index < -0.39 is 4.92 Å². The van der Waals surface area contributed by atoms with Crippen LogP contribution in [0.4, 0.5) is 11.4 Å². The fraction of sp³-hybridized carbons (Fsp3) is 0.188. The van der Waals surface area contributed by atoms with Gasteiger partial charge in [-0.25, -0.2) is 0 Å². The number of nitro benzene ring substituents is 1. The second-order valence-corrected chi connectivity index (χ2v) is 5.34. The summed E-state index contributed by atoms with van der Waals surface area (Å²) in [6.45, 7) is 2.56. The van der Waals surface area contributed by atoms with Gasteiger partial charge in [0.05, 0.1) is 18.1 Å². The summed E-state index contributed by atoms with van der Waals surface area (Å²) in [5.74, 6) is 0.417. The van der Waals surface area contributed by atoms with E-state index in [1.807, 2.05) is 31.2 Å². The number of methoxy groups -OCH3 is 1. The van der Waals surface area contributed by atoms with Crippen LogP contribution in [-0.4, -0.2) is 17.1 Å². The van der Waals surface area contributed by atoms with Crippen LogP contribution in [0, 0.1) is 17.0 Å². The molecule has 0 fully saturated rings. The maximum absolute atomic E-state index is 11.1. The number of aryl methyl sites for hydroxylation is 1. The van der Waals surface area contributed by atoms with Gasteiger partial charge in [-0.2, -0.15) is 0 Å². The fourth-order valence-electron chi connectivity index (χ4n) is 1.95. The minimum atomic E-state index is -0.479. The fourth-order valence-corrected chi connectivity index (χ4v) is 2.13. The molecule has 23 heavy (non-hydrogen) atoms. The average molecular weight is 331 g/mol. The number of anilines is 1. The van der Waals surface area contributed by atoms with E-state index in [0.717, 1.165) is 5.56 Å². The van der Waals surface area contributed by atoms with Crippen molar-refractivity contribution in [2.45, 2.75) is 13.5 Å². The largest absolute Gasteiger partial charge is 0.496 e. The van der Waals surface area contributed by atoms with Gasteiger partial charge in [-0.05, 0) is 36.8 Å². The van der Waals surface area contributed by atoms with E-state index in [9.17, 15) is 10.1 Å². The zero-order valence-electron chi connectivity index (χ0n) is 12.8. The molecule has 0 saturated heterocycles. The summed E-state index contributed by atoms with van der Waals surface area (Å²) in [6, 6.07) is 12.6. The van der Waals surface area contributed by atoms with Crippen LogP contribution in [0.2, 0.25) is 0 Å². The van der Waals surface area contributed by atoms with Crippen molar-refractivity contribution in [1.29, 1.82) is 0 Å². The molecule has 0 spiro atoms.